The number of rotatable bonds is 5. The van der Waals surface area contributed by atoms with Crippen LogP contribution in [0.4, 0.5) is 22.1 Å². The first-order chi connectivity index (χ1) is 18.1. The average molecular weight is 537 g/mol. The minimum Gasteiger partial charge on any atom is -0.367 e. The summed E-state index contributed by atoms with van der Waals surface area (Å²) in [6.45, 7) is 7.15. The molecule has 2 fully saturated rings. The number of likely N-dealkylation sites (tertiary alicyclic amines) is 1. The molecule has 0 bridgehead atoms. The molecule has 2 aliphatic heterocycles. The second kappa shape index (κ2) is 9.97. The van der Waals surface area contributed by atoms with Crippen LogP contribution < -0.4 is 21.3 Å². The number of carbonyl (C=O) groups is 3. The Balaban J connectivity index is 1.45. The third-order valence-electron chi connectivity index (χ3n) is 6.39. The number of anilines is 3. The van der Waals surface area contributed by atoms with Gasteiger partial charge in [0, 0.05) is 46.9 Å². The van der Waals surface area contributed by atoms with Crippen molar-refractivity contribution >= 4 is 58.5 Å². The molecule has 0 spiro atoms. The predicted octanol–water partition coefficient (Wildman–Crippen LogP) is 3.76. The summed E-state index contributed by atoms with van der Waals surface area (Å²) in [6, 6.07) is 8.70. The van der Waals surface area contributed by atoms with E-state index in [0.29, 0.717) is 41.0 Å². The Labute approximate surface area is 224 Å². The number of aromatic nitrogens is 3. The first kappa shape index (κ1) is 25.5. The molecular formula is C26H29ClN8O3. The van der Waals surface area contributed by atoms with Gasteiger partial charge in [-0.2, -0.15) is 9.61 Å². The van der Waals surface area contributed by atoms with Gasteiger partial charge in [-0.25, -0.2) is 9.78 Å². The van der Waals surface area contributed by atoms with Crippen LogP contribution in [-0.2, 0) is 9.59 Å². The second-order valence-electron chi connectivity index (χ2n) is 10.4. The van der Waals surface area contributed by atoms with E-state index in [9.17, 15) is 14.4 Å². The van der Waals surface area contributed by atoms with Gasteiger partial charge in [0.1, 0.15) is 17.3 Å². The van der Waals surface area contributed by atoms with E-state index in [0.717, 1.165) is 18.5 Å². The normalized spacial score (nSPS) is 17.6. The van der Waals surface area contributed by atoms with Gasteiger partial charge in [0.25, 0.3) is 5.91 Å². The SMILES string of the molecule is CC(C)(C)C(=O)N1CCC(Nc2cc(Nc3cccc(Cl)c3)nc3c(C=C4NC(=O)NC4=O)cnn23)CC1. The Kier molecular flexibility index (Phi) is 6.70. The fourth-order valence-corrected chi connectivity index (χ4v) is 4.70. The van der Waals surface area contributed by atoms with Gasteiger partial charge in [0.05, 0.1) is 6.20 Å². The number of urea groups is 1. The smallest absolute Gasteiger partial charge is 0.326 e. The lowest BCUT2D eigenvalue weighted by molar-refractivity contribution is -0.140. The van der Waals surface area contributed by atoms with Crippen LogP contribution in [0.1, 0.15) is 39.2 Å². The minimum atomic E-state index is -0.576. The van der Waals surface area contributed by atoms with E-state index >= 15 is 0 Å². The molecule has 3 aromatic rings. The maximum absolute atomic E-state index is 12.7. The van der Waals surface area contributed by atoms with Crippen LogP contribution >= 0.6 is 11.6 Å². The summed E-state index contributed by atoms with van der Waals surface area (Å²) in [5.41, 5.74) is 1.51. The Morgan fingerprint density at radius 3 is 2.58 bits per heavy atom. The number of fused-ring (bicyclic) bond motifs is 1. The highest BCUT2D eigenvalue weighted by Gasteiger charge is 2.30. The Morgan fingerprint density at radius 2 is 1.92 bits per heavy atom. The number of carbonyl (C=O) groups excluding carboxylic acids is 3. The Bertz CT molecular complexity index is 1450. The van der Waals surface area contributed by atoms with Crippen molar-refractivity contribution in [1.29, 1.82) is 0 Å². The Morgan fingerprint density at radius 1 is 1.16 bits per heavy atom. The summed E-state index contributed by atoms with van der Waals surface area (Å²) in [5, 5.41) is 16.6. The molecule has 2 saturated heterocycles. The van der Waals surface area contributed by atoms with Crippen LogP contribution in [-0.4, -0.2) is 56.5 Å². The molecule has 2 aromatic heterocycles. The average Bonchev–Trinajstić information content (AvgIpc) is 3.40. The highest BCUT2D eigenvalue weighted by molar-refractivity contribution is 6.30. The van der Waals surface area contributed by atoms with Crippen molar-refractivity contribution in [3.8, 4) is 0 Å². The van der Waals surface area contributed by atoms with Gasteiger partial charge >= 0.3 is 6.03 Å². The van der Waals surface area contributed by atoms with Crippen LogP contribution in [0.5, 0.6) is 0 Å². The van der Waals surface area contributed by atoms with Crippen molar-refractivity contribution < 1.29 is 14.4 Å². The summed E-state index contributed by atoms with van der Waals surface area (Å²) in [5.74, 6) is 0.882. The van der Waals surface area contributed by atoms with E-state index in [-0.39, 0.29) is 17.6 Å². The van der Waals surface area contributed by atoms with Crippen LogP contribution in [0.25, 0.3) is 11.7 Å². The summed E-state index contributed by atoms with van der Waals surface area (Å²) in [7, 11) is 0. The van der Waals surface area contributed by atoms with Crippen LogP contribution in [0.3, 0.4) is 0 Å². The van der Waals surface area contributed by atoms with Gasteiger partial charge in [-0.3, -0.25) is 14.9 Å². The molecule has 2 aliphatic rings. The number of imide groups is 1. The molecule has 0 radical (unpaired) electrons. The lowest BCUT2D eigenvalue weighted by Gasteiger charge is -2.36. The number of hydrogen-bond acceptors (Lipinski definition) is 7. The molecule has 0 atom stereocenters. The first-order valence-electron chi connectivity index (χ1n) is 12.4. The highest BCUT2D eigenvalue weighted by Crippen LogP contribution is 2.27. The standard InChI is InChI=1S/C26H29ClN8O3/c1-26(2,3)24(37)34-9-7-17(8-10-34)30-21-13-20(29-18-6-4-5-16(27)12-18)32-22-15(14-28-35(21)22)11-19-23(36)33-25(38)31-19/h4-6,11-14,17,30H,7-10H2,1-3H3,(H,29,32)(H2,31,33,36,38). The highest BCUT2D eigenvalue weighted by atomic mass is 35.5. The number of nitrogens with zero attached hydrogens (tertiary/aromatic N) is 4. The minimum absolute atomic E-state index is 0.116. The zero-order valence-electron chi connectivity index (χ0n) is 21.3. The van der Waals surface area contributed by atoms with Gasteiger partial charge in [0.15, 0.2) is 5.65 Å². The maximum Gasteiger partial charge on any atom is 0.326 e. The van der Waals surface area contributed by atoms with Crippen molar-refractivity contribution in [2.24, 2.45) is 5.41 Å². The molecule has 4 amide bonds. The molecule has 4 N–H and O–H groups in total. The molecule has 1 aromatic carbocycles. The van der Waals surface area contributed by atoms with Gasteiger partial charge in [0.2, 0.25) is 5.91 Å². The molecule has 0 saturated carbocycles. The molecule has 11 nitrogen and oxygen atoms in total. The van der Waals surface area contributed by atoms with Gasteiger partial charge < -0.3 is 20.9 Å². The molecule has 38 heavy (non-hydrogen) atoms. The quantitative estimate of drug-likeness (QED) is 0.288. The fourth-order valence-electron chi connectivity index (χ4n) is 4.51. The Hall–Kier alpha value is -4.12. The van der Waals surface area contributed by atoms with Crippen molar-refractivity contribution in [3.63, 3.8) is 0 Å². The van der Waals surface area contributed by atoms with Crippen LogP contribution in [0.15, 0.2) is 42.2 Å². The van der Waals surface area contributed by atoms with Crippen molar-refractivity contribution in [3.05, 3.63) is 52.8 Å². The second-order valence-corrected chi connectivity index (χ2v) is 10.9. The zero-order valence-corrected chi connectivity index (χ0v) is 22.1. The van der Waals surface area contributed by atoms with E-state index in [2.05, 4.69) is 26.4 Å². The molecular weight excluding hydrogens is 508 g/mol. The van der Waals surface area contributed by atoms with Crippen LogP contribution in [0.2, 0.25) is 5.02 Å². The number of amides is 4. The molecule has 0 aliphatic carbocycles. The summed E-state index contributed by atoms with van der Waals surface area (Å²) in [6.07, 6.45) is 4.70. The lowest BCUT2D eigenvalue weighted by atomic mass is 9.93. The fraction of sp³-hybridized carbons (Fsp3) is 0.346. The largest absolute Gasteiger partial charge is 0.367 e. The number of benzene rings is 1. The van der Waals surface area contributed by atoms with Gasteiger partial charge in [-0.15, -0.1) is 0 Å². The number of hydrogen-bond donors (Lipinski definition) is 4. The van der Waals surface area contributed by atoms with Gasteiger partial charge in [-0.05, 0) is 37.1 Å². The molecule has 12 heteroatoms. The van der Waals surface area contributed by atoms with E-state index in [1.807, 2.05) is 43.9 Å². The molecule has 5 rings (SSSR count). The molecule has 0 unspecified atom stereocenters. The van der Waals surface area contributed by atoms with E-state index in [4.69, 9.17) is 16.6 Å². The monoisotopic (exact) mass is 536 g/mol. The lowest BCUT2D eigenvalue weighted by Crippen LogP contribution is -2.46. The van der Waals surface area contributed by atoms with E-state index in [1.165, 1.54) is 0 Å². The topological polar surface area (TPSA) is 133 Å². The van der Waals surface area contributed by atoms with E-state index in [1.54, 1.807) is 28.9 Å². The maximum atomic E-state index is 12.7. The number of piperidine rings is 1. The van der Waals surface area contributed by atoms with E-state index < -0.39 is 17.4 Å². The zero-order chi connectivity index (χ0) is 27.0. The summed E-state index contributed by atoms with van der Waals surface area (Å²) >= 11 is 6.16. The third kappa shape index (κ3) is 5.42. The third-order valence-corrected chi connectivity index (χ3v) is 6.63. The molecule has 198 valence electrons. The summed E-state index contributed by atoms with van der Waals surface area (Å²) < 4.78 is 1.66. The number of nitrogens with one attached hydrogen (secondary N) is 4. The van der Waals surface area contributed by atoms with Gasteiger partial charge in [-0.1, -0.05) is 38.4 Å². The predicted molar refractivity (Wildman–Crippen MR) is 145 cm³/mol. The number of halogens is 1. The molecule has 4 heterocycles. The first-order valence-corrected chi connectivity index (χ1v) is 12.8. The van der Waals surface area contributed by atoms with Crippen molar-refractivity contribution in [2.75, 3.05) is 23.7 Å². The van der Waals surface area contributed by atoms with Crippen molar-refractivity contribution in [2.45, 2.75) is 39.7 Å². The summed E-state index contributed by atoms with van der Waals surface area (Å²) in [4.78, 5) is 43.0. The van der Waals surface area contributed by atoms with Crippen LogP contribution in [0, 0.1) is 5.41 Å². The van der Waals surface area contributed by atoms with Crippen molar-refractivity contribution in [1.82, 2.24) is 30.1 Å².